The van der Waals surface area contributed by atoms with Crippen molar-refractivity contribution in [3.8, 4) is 0 Å². The predicted molar refractivity (Wildman–Crippen MR) is 124 cm³/mol. The molecule has 190 valence electrons. The Hall–Kier alpha value is -1.44. The summed E-state index contributed by atoms with van der Waals surface area (Å²) < 4.78 is 16.8. The van der Waals surface area contributed by atoms with Gasteiger partial charge in [0.25, 0.3) is 0 Å². The summed E-state index contributed by atoms with van der Waals surface area (Å²) in [7, 11) is 0. The number of hydrogen-bond acceptors (Lipinski definition) is 7. The summed E-state index contributed by atoms with van der Waals surface area (Å²) in [4.78, 5) is 23.7. The molecule has 4 aliphatic carbocycles. The lowest BCUT2D eigenvalue weighted by atomic mass is 9.41. The van der Waals surface area contributed by atoms with E-state index in [9.17, 15) is 19.8 Å². The molecule has 0 saturated heterocycles. The second kappa shape index (κ2) is 8.31. The van der Waals surface area contributed by atoms with E-state index in [4.69, 9.17) is 14.2 Å². The molecule has 0 bridgehead atoms. The van der Waals surface area contributed by atoms with Crippen LogP contribution in [0.25, 0.3) is 0 Å². The maximum absolute atomic E-state index is 12.4. The quantitative estimate of drug-likeness (QED) is 0.587. The third-order valence-corrected chi connectivity index (χ3v) is 10.7. The highest BCUT2D eigenvalue weighted by Gasteiger charge is 2.71. The highest BCUT2D eigenvalue weighted by Crippen LogP contribution is 2.70. The van der Waals surface area contributed by atoms with Crippen molar-refractivity contribution in [3.05, 3.63) is 11.6 Å². The summed E-state index contributed by atoms with van der Waals surface area (Å²) in [5, 5.41) is 24.5. The van der Waals surface area contributed by atoms with Crippen LogP contribution in [0.2, 0.25) is 0 Å². The van der Waals surface area contributed by atoms with Crippen molar-refractivity contribution in [2.24, 2.45) is 28.6 Å². The number of rotatable bonds is 5. The molecular weight excluding hydrogens is 436 g/mol. The van der Waals surface area contributed by atoms with Gasteiger partial charge in [0.15, 0.2) is 0 Å². The summed E-state index contributed by atoms with van der Waals surface area (Å²) in [6, 6.07) is 0. The molecular formula is C27H40O7. The van der Waals surface area contributed by atoms with Crippen LogP contribution in [0.4, 0.5) is 0 Å². The largest absolute Gasteiger partial charge is 0.465 e. The van der Waals surface area contributed by atoms with Gasteiger partial charge in [0.2, 0.25) is 0 Å². The van der Waals surface area contributed by atoms with Gasteiger partial charge in [-0.05, 0) is 81.6 Å². The maximum Gasteiger partial charge on any atom is 0.331 e. The molecule has 0 amide bonds. The molecule has 0 radical (unpaired) electrons. The minimum atomic E-state index is -0.974. The van der Waals surface area contributed by atoms with Crippen molar-refractivity contribution < 1.29 is 34.0 Å². The number of fused-ring (bicyclic) bond motifs is 5. The van der Waals surface area contributed by atoms with Crippen molar-refractivity contribution in [2.45, 2.75) is 95.9 Å². The van der Waals surface area contributed by atoms with Gasteiger partial charge in [0.05, 0.1) is 23.9 Å². The Morgan fingerprint density at radius 1 is 1.12 bits per heavy atom. The zero-order valence-corrected chi connectivity index (χ0v) is 20.8. The molecule has 2 N–H and O–H groups in total. The SMILES string of the molecule is CCOC1CCC2(COC(C)=O)C3CCC4(C)C(C5=CC(=O)OC5)CCC4(O)C3CCC2(O)C1. The Bertz CT molecular complexity index is 884. The molecule has 4 fully saturated rings. The standard InChI is InChI=1S/C27H40O7/c1-4-32-19-5-10-25(16-34-17(2)28)21-6-9-24(3)20(18-13-23(29)33-15-18)8-12-27(24,31)22(21)7-11-26(25,30)14-19/h13,19-22,30-31H,4-12,14-16H2,1-3H3. The Kier molecular flexibility index (Phi) is 5.93. The predicted octanol–water partition coefficient (Wildman–Crippen LogP) is 3.31. The fourth-order valence-electron chi connectivity index (χ4n) is 9.08. The van der Waals surface area contributed by atoms with Gasteiger partial charge < -0.3 is 24.4 Å². The molecule has 7 heteroatoms. The normalized spacial score (nSPS) is 47.8. The second-order valence-electron chi connectivity index (χ2n) is 11.8. The molecule has 1 heterocycles. The van der Waals surface area contributed by atoms with Crippen molar-refractivity contribution in [2.75, 3.05) is 19.8 Å². The van der Waals surface area contributed by atoms with Crippen LogP contribution in [0.15, 0.2) is 11.6 Å². The highest BCUT2D eigenvalue weighted by atomic mass is 16.5. The number of hydrogen-bond donors (Lipinski definition) is 2. The van der Waals surface area contributed by atoms with E-state index in [-0.39, 0.29) is 47.8 Å². The average molecular weight is 477 g/mol. The van der Waals surface area contributed by atoms with Gasteiger partial charge in [-0.25, -0.2) is 4.79 Å². The lowest BCUT2D eigenvalue weighted by Crippen LogP contribution is -2.69. The van der Waals surface area contributed by atoms with Crippen molar-refractivity contribution >= 4 is 11.9 Å². The molecule has 0 spiro atoms. The van der Waals surface area contributed by atoms with Gasteiger partial charge in [-0.3, -0.25) is 4.79 Å². The van der Waals surface area contributed by atoms with Gasteiger partial charge in [0.1, 0.15) is 6.61 Å². The zero-order valence-electron chi connectivity index (χ0n) is 20.8. The van der Waals surface area contributed by atoms with E-state index in [2.05, 4.69) is 6.92 Å². The Morgan fingerprint density at radius 3 is 2.56 bits per heavy atom. The number of aliphatic hydroxyl groups is 2. The molecule has 7 nitrogen and oxygen atoms in total. The minimum absolute atomic E-state index is 0.0108. The molecule has 1 aliphatic heterocycles. The summed E-state index contributed by atoms with van der Waals surface area (Å²) in [5.41, 5.74) is -1.75. The van der Waals surface area contributed by atoms with Crippen LogP contribution >= 0.6 is 0 Å². The first-order valence-electron chi connectivity index (χ1n) is 13.2. The lowest BCUT2D eigenvalue weighted by Gasteiger charge is -2.66. The number of carbonyl (C=O) groups excluding carboxylic acids is 2. The molecule has 0 aromatic carbocycles. The molecule has 5 aliphatic rings. The number of esters is 2. The molecule has 5 rings (SSSR count). The molecule has 0 aromatic rings. The first-order chi connectivity index (χ1) is 16.1. The van der Waals surface area contributed by atoms with E-state index in [0.717, 1.165) is 44.1 Å². The summed E-state index contributed by atoms with van der Waals surface area (Å²) in [6.07, 6.45) is 8.27. The van der Waals surface area contributed by atoms with E-state index in [1.807, 2.05) is 6.92 Å². The first kappa shape index (κ1) is 24.3. The topological polar surface area (TPSA) is 102 Å². The van der Waals surface area contributed by atoms with E-state index in [1.165, 1.54) is 6.92 Å². The zero-order chi connectivity index (χ0) is 24.4. The third-order valence-electron chi connectivity index (χ3n) is 10.7. The summed E-state index contributed by atoms with van der Waals surface area (Å²) >= 11 is 0. The maximum atomic E-state index is 12.4. The van der Waals surface area contributed by atoms with Gasteiger partial charge in [-0.15, -0.1) is 0 Å². The number of carbonyl (C=O) groups is 2. The van der Waals surface area contributed by atoms with Crippen LogP contribution < -0.4 is 0 Å². The summed E-state index contributed by atoms with van der Waals surface area (Å²) in [6.45, 7) is 6.74. The van der Waals surface area contributed by atoms with Crippen molar-refractivity contribution in [1.29, 1.82) is 0 Å². The van der Waals surface area contributed by atoms with E-state index in [0.29, 0.717) is 32.5 Å². The highest BCUT2D eigenvalue weighted by molar-refractivity contribution is 5.85. The number of ether oxygens (including phenoxy) is 3. The Balaban J connectivity index is 1.49. The first-order valence-corrected chi connectivity index (χ1v) is 13.2. The fraction of sp³-hybridized carbons (Fsp3) is 0.852. The monoisotopic (exact) mass is 476 g/mol. The van der Waals surface area contributed by atoms with Crippen LogP contribution in [0.1, 0.15) is 78.6 Å². The van der Waals surface area contributed by atoms with Crippen LogP contribution in [0.5, 0.6) is 0 Å². The van der Waals surface area contributed by atoms with Crippen LogP contribution in [-0.2, 0) is 23.8 Å². The second-order valence-corrected chi connectivity index (χ2v) is 11.8. The van der Waals surface area contributed by atoms with E-state index >= 15 is 0 Å². The van der Waals surface area contributed by atoms with Crippen LogP contribution in [0.3, 0.4) is 0 Å². The Morgan fingerprint density at radius 2 is 1.88 bits per heavy atom. The smallest absolute Gasteiger partial charge is 0.331 e. The van der Waals surface area contributed by atoms with Gasteiger partial charge in [-0.2, -0.15) is 0 Å². The molecule has 8 atom stereocenters. The van der Waals surface area contributed by atoms with Gasteiger partial charge >= 0.3 is 11.9 Å². The molecule has 0 aromatic heterocycles. The minimum Gasteiger partial charge on any atom is -0.465 e. The van der Waals surface area contributed by atoms with Crippen molar-refractivity contribution in [1.82, 2.24) is 0 Å². The lowest BCUT2D eigenvalue weighted by molar-refractivity contribution is -0.272. The van der Waals surface area contributed by atoms with Gasteiger partial charge in [0, 0.05) is 36.9 Å². The summed E-state index contributed by atoms with van der Waals surface area (Å²) in [5.74, 6) is -0.389. The van der Waals surface area contributed by atoms with Gasteiger partial charge in [-0.1, -0.05) is 6.92 Å². The molecule has 8 unspecified atom stereocenters. The van der Waals surface area contributed by atoms with Crippen LogP contribution in [-0.4, -0.2) is 59.3 Å². The third kappa shape index (κ3) is 3.33. The van der Waals surface area contributed by atoms with E-state index in [1.54, 1.807) is 6.08 Å². The van der Waals surface area contributed by atoms with E-state index < -0.39 is 16.6 Å². The number of cyclic esters (lactones) is 1. The Labute approximate surface area is 202 Å². The average Bonchev–Trinajstić information content (AvgIpc) is 3.32. The van der Waals surface area contributed by atoms with Crippen LogP contribution in [0, 0.1) is 28.6 Å². The molecule has 4 saturated carbocycles. The fourth-order valence-corrected chi connectivity index (χ4v) is 9.08. The molecule has 34 heavy (non-hydrogen) atoms. The van der Waals surface area contributed by atoms with Crippen molar-refractivity contribution in [3.63, 3.8) is 0 Å².